The minimum atomic E-state index is -0.671. The third-order valence-corrected chi connectivity index (χ3v) is 4.56. The van der Waals surface area contributed by atoms with Gasteiger partial charge in [0.05, 0.1) is 23.5 Å². The van der Waals surface area contributed by atoms with E-state index in [4.69, 9.17) is 16.3 Å². The lowest BCUT2D eigenvalue weighted by Crippen LogP contribution is -2.30. The number of methoxy groups -OCH3 is 1. The number of aromatic nitrogens is 2. The molecule has 148 valence electrons. The second-order valence-electron chi connectivity index (χ2n) is 6.23. The van der Waals surface area contributed by atoms with Crippen LogP contribution in [0.25, 0.3) is 11.3 Å². The molecule has 0 aliphatic heterocycles. The first-order chi connectivity index (χ1) is 13.9. The summed E-state index contributed by atoms with van der Waals surface area (Å²) in [6.45, 7) is 1.39. The Labute approximate surface area is 171 Å². The Hall–Kier alpha value is -3.45. The number of nitrogens with zero attached hydrogens (tertiary/aromatic N) is 2. The maximum atomic E-state index is 12.6. The largest absolute Gasteiger partial charge is 0.465 e. The number of ether oxygens (including phenoxy) is 1. The van der Waals surface area contributed by atoms with E-state index >= 15 is 0 Å². The number of hydrogen-bond donors (Lipinski definition) is 1. The van der Waals surface area contributed by atoms with Crippen LogP contribution in [0.4, 0.5) is 5.69 Å². The van der Waals surface area contributed by atoms with Crippen LogP contribution < -0.4 is 10.9 Å². The Bertz CT molecular complexity index is 1130. The number of hydrogen-bond acceptors (Lipinski definition) is 5. The third-order valence-electron chi connectivity index (χ3n) is 4.25. The fourth-order valence-corrected chi connectivity index (χ4v) is 3.02. The minimum Gasteiger partial charge on any atom is -0.465 e. The number of amides is 1. The van der Waals surface area contributed by atoms with E-state index < -0.39 is 17.4 Å². The first-order valence-electron chi connectivity index (χ1n) is 8.71. The van der Waals surface area contributed by atoms with Gasteiger partial charge in [-0.15, -0.1) is 0 Å². The molecule has 8 heteroatoms. The predicted octanol–water partition coefficient (Wildman–Crippen LogP) is 3.30. The Morgan fingerprint density at radius 3 is 2.52 bits per heavy atom. The van der Waals surface area contributed by atoms with Crippen molar-refractivity contribution in [1.82, 2.24) is 9.78 Å². The maximum Gasteiger partial charge on any atom is 0.341 e. The highest BCUT2D eigenvalue weighted by Crippen LogP contribution is 2.28. The molecule has 0 aliphatic rings. The third kappa shape index (κ3) is 4.52. The molecule has 7 nitrogen and oxygen atoms in total. The molecule has 3 aromatic rings. The highest BCUT2D eigenvalue weighted by atomic mass is 35.5. The molecule has 29 heavy (non-hydrogen) atoms. The molecule has 1 aromatic heterocycles. The number of rotatable bonds is 5. The molecule has 0 spiro atoms. The lowest BCUT2D eigenvalue weighted by Gasteiger charge is -2.14. The van der Waals surface area contributed by atoms with Crippen LogP contribution in [0.3, 0.4) is 0 Å². The topological polar surface area (TPSA) is 90.3 Å². The van der Waals surface area contributed by atoms with Gasteiger partial charge in [-0.1, -0.05) is 48.0 Å². The van der Waals surface area contributed by atoms with E-state index in [1.165, 1.54) is 13.2 Å². The van der Waals surface area contributed by atoms with Gasteiger partial charge in [-0.25, -0.2) is 9.48 Å². The van der Waals surface area contributed by atoms with Gasteiger partial charge >= 0.3 is 5.97 Å². The van der Waals surface area contributed by atoms with Gasteiger partial charge in [-0.05, 0) is 24.6 Å². The van der Waals surface area contributed by atoms with Crippen molar-refractivity contribution < 1.29 is 14.3 Å². The predicted molar refractivity (Wildman–Crippen MR) is 110 cm³/mol. The molecule has 1 N–H and O–H groups in total. The van der Waals surface area contributed by atoms with Crippen molar-refractivity contribution in [2.75, 3.05) is 12.4 Å². The van der Waals surface area contributed by atoms with E-state index in [-0.39, 0.29) is 22.8 Å². The highest BCUT2D eigenvalue weighted by molar-refractivity contribution is 6.34. The summed E-state index contributed by atoms with van der Waals surface area (Å²) < 4.78 is 5.82. The number of anilines is 1. The van der Waals surface area contributed by atoms with Crippen molar-refractivity contribution in [1.29, 1.82) is 0 Å². The summed E-state index contributed by atoms with van der Waals surface area (Å²) in [5.74, 6) is -1.20. The Kier molecular flexibility index (Phi) is 6.09. The molecule has 0 saturated carbocycles. The van der Waals surface area contributed by atoms with E-state index in [1.807, 2.05) is 30.3 Å². The van der Waals surface area contributed by atoms with Gasteiger partial charge in [0.25, 0.3) is 5.56 Å². The van der Waals surface area contributed by atoms with E-state index in [0.717, 1.165) is 10.2 Å². The molecule has 1 heterocycles. The van der Waals surface area contributed by atoms with Crippen molar-refractivity contribution >= 4 is 29.2 Å². The average molecular weight is 412 g/mol. The number of esters is 1. The zero-order valence-electron chi connectivity index (χ0n) is 15.8. The van der Waals surface area contributed by atoms with E-state index in [1.54, 1.807) is 25.1 Å². The molecular formula is C21H18ClN3O4. The van der Waals surface area contributed by atoms with Crippen molar-refractivity contribution in [3.8, 4) is 11.3 Å². The van der Waals surface area contributed by atoms with E-state index in [0.29, 0.717) is 11.3 Å². The summed E-state index contributed by atoms with van der Waals surface area (Å²) in [5, 5.41) is 7.06. The monoisotopic (exact) mass is 411 g/mol. The molecule has 2 aromatic carbocycles. The molecule has 0 fully saturated rings. The van der Waals surface area contributed by atoms with Crippen LogP contribution >= 0.6 is 11.6 Å². The summed E-state index contributed by atoms with van der Waals surface area (Å²) in [7, 11) is 1.23. The van der Waals surface area contributed by atoms with Gasteiger partial charge in [0.15, 0.2) is 0 Å². The average Bonchev–Trinajstić information content (AvgIpc) is 2.72. The quantitative estimate of drug-likeness (QED) is 0.650. The molecule has 0 unspecified atom stereocenters. The highest BCUT2D eigenvalue weighted by Gasteiger charge is 2.20. The van der Waals surface area contributed by atoms with Crippen LogP contribution in [0.2, 0.25) is 5.02 Å². The number of nitrogens with one attached hydrogen (secondary N) is 1. The SMILES string of the molecule is COC(=O)c1c(Cl)ccc(C)c1NC(=O)Cn1nc(-c2ccccc2)ccc1=O. The molecule has 3 rings (SSSR count). The summed E-state index contributed by atoms with van der Waals surface area (Å²) in [6, 6.07) is 15.5. The Balaban J connectivity index is 1.88. The molecule has 0 aliphatic carbocycles. The summed E-state index contributed by atoms with van der Waals surface area (Å²) in [4.78, 5) is 36.8. The number of carbonyl (C=O) groups excluding carboxylic acids is 2. The molecule has 1 amide bonds. The Morgan fingerprint density at radius 1 is 1.10 bits per heavy atom. The molecule has 0 atom stereocenters. The van der Waals surface area contributed by atoms with Crippen LogP contribution in [0, 0.1) is 6.92 Å². The summed E-state index contributed by atoms with van der Waals surface area (Å²) in [5.41, 5.74) is 1.88. The number of benzene rings is 2. The van der Waals surface area contributed by atoms with Gasteiger partial charge in [0, 0.05) is 11.6 Å². The van der Waals surface area contributed by atoms with Gasteiger partial charge < -0.3 is 10.1 Å². The first-order valence-corrected chi connectivity index (χ1v) is 9.09. The zero-order valence-corrected chi connectivity index (χ0v) is 16.6. The van der Waals surface area contributed by atoms with Crippen molar-refractivity contribution in [2.24, 2.45) is 0 Å². The fourth-order valence-electron chi connectivity index (χ4n) is 2.78. The van der Waals surface area contributed by atoms with Crippen molar-refractivity contribution in [2.45, 2.75) is 13.5 Å². The van der Waals surface area contributed by atoms with Crippen LogP contribution in [-0.2, 0) is 16.1 Å². The lowest BCUT2D eigenvalue weighted by molar-refractivity contribution is -0.117. The van der Waals surface area contributed by atoms with Crippen molar-refractivity contribution in [3.63, 3.8) is 0 Å². The van der Waals surface area contributed by atoms with Crippen LogP contribution in [-0.4, -0.2) is 28.8 Å². The second kappa shape index (κ2) is 8.70. The molecule has 0 saturated heterocycles. The lowest BCUT2D eigenvalue weighted by atomic mass is 10.1. The second-order valence-corrected chi connectivity index (χ2v) is 6.64. The maximum absolute atomic E-state index is 12.6. The Morgan fingerprint density at radius 2 is 1.83 bits per heavy atom. The minimum absolute atomic E-state index is 0.0564. The zero-order chi connectivity index (χ0) is 21.0. The van der Waals surface area contributed by atoms with Gasteiger partial charge in [-0.2, -0.15) is 5.10 Å². The van der Waals surface area contributed by atoms with Crippen molar-refractivity contribution in [3.05, 3.63) is 81.1 Å². The molecule has 0 radical (unpaired) electrons. The summed E-state index contributed by atoms with van der Waals surface area (Å²) >= 11 is 6.11. The number of carbonyl (C=O) groups is 2. The van der Waals surface area contributed by atoms with Gasteiger partial charge in [-0.3, -0.25) is 9.59 Å². The first kappa shape index (κ1) is 20.3. The van der Waals surface area contributed by atoms with Crippen LogP contribution in [0.1, 0.15) is 15.9 Å². The molecule has 0 bridgehead atoms. The van der Waals surface area contributed by atoms with Crippen LogP contribution in [0.15, 0.2) is 59.4 Å². The van der Waals surface area contributed by atoms with Crippen LogP contribution in [0.5, 0.6) is 0 Å². The smallest absolute Gasteiger partial charge is 0.341 e. The fraction of sp³-hybridized carbons (Fsp3) is 0.143. The summed E-state index contributed by atoms with van der Waals surface area (Å²) in [6.07, 6.45) is 0. The number of aryl methyl sites for hydroxylation is 1. The normalized spacial score (nSPS) is 10.4. The van der Waals surface area contributed by atoms with Gasteiger partial charge in [0.2, 0.25) is 5.91 Å². The van der Waals surface area contributed by atoms with E-state index in [9.17, 15) is 14.4 Å². The number of halogens is 1. The van der Waals surface area contributed by atoms with Gasteiger partial charge in [0.1, 0.15) is 12.1 Å². The molecular weight excluding hydrogens is 394 g/mol. The van der Waals surface area contributed by atoms with E-state index in [2.05, 4.69) is 10.4 Å². The standard InChI is InChI=1S/C21H18ClN3O4/c1-13-8-9-15(22)19(21(28)29-2)20(13)23-17(26)12-25-18(27)11-10-16(24-25)14-6-4-3-5-7-14/h3-11H,12H2,1-2H3,(H,23,26).